The third-order valence-electron chi connectivity index (χ3n) is 3.85. The molecule has 0 atom stereocenters. The molecule has 132 valence electrons. The van der Waals surface area contributed by atoms with E-state index in [1.165, 1.54) is 18.2 Å². The molecule has 1 aromatic carbocycles. The molecule has 0 aromatic heterocycles. The van der Waals surface area contributed by atoms with E-state index in [2.05, 4.69) is 10.6 Å². The van der Waals surface area contributed by atoms with Crippen molar-refractivity contribution in [1.29, 1.82) is 0 Å². The van der Waals surface area contributed by atoms with Gasteiger partial charge in [-0.15, -0.1) is 0 Å². The Labute approximate surface area is 142 Å². The van der Waals surface area contributed by atoms with Crippen LogP contribution in [0.5, 0.6) is 0 Å². The molecule has 2 N–H and O–H groups in total. The zero-order valence-electron chi connectivity index (χ0n) is 14.4. The Kier molecular flexibility index (Phi) is 5.80. The molecule has 0 radical (unpaired) electrons. The van der Waals surface area contributed by atoms with Gasteiger partial charge in [-0.3, -0.25) is 10.1 Å². The Morgan fingerprint density at radius 3 is 2.38 bits per heavy atom. The van der Waals surface area contributed by atoms with Gasteiger partial charge in [-0.2, -0.15) is 0 Å². The first-order chi connectivity index (χ1) is 11.2. The summed E-state index contributed by atoms with van der Waals surface area (Å²) in [4.78, 5) is 24.3. The number of amides is 2. The second-order valence-electron chi connectivity index (χ2n) is 7.14. The summed E-state index contributed by atoms with van der Waals surface area (Å²) >= 11 is 0. The van der Waals surface area contributed by atoms with Crippen LogP contribution in [0.4, 0.5) is 20.6 Å². The van der Waals surface area contributed by atoms with Crippen molar-refractivity contribution in [2.24, 2.45) is 5.92 Å². The number of hydrogen-bond donors (Lipinski definition) is 2. The fraction of sp³-hybridized carbons (Fsp3) is 0.556. The number of ether oxygens (including phenoxy) is 1. The topological polar surface area (TPSA) is 67.4 Å². The number of rotatable bonds is 3. The van der Waals surface area contributed by atoms with Crippen molar-refractivity contribution in [3.8, 4) is 0 Å². The van der Waals surface area contributed by atoms with Gasteiger partial charge in [-0.05, 0) is 51.8 Å². The molecule has 2 amide bonds. The molecule has 0 heterocycles. The van der Waals surface area contributed by atoms with Gasteiger partial charge in [0.2, 0.25) is 5.91 Å². The van der Waals surface area contributed by atoms with E-state index in [4.69, 9.17) is 4.74 Å². The quantitative estimate of drug-likeness (QED) is 0.841. The van der Waals surface area contributed by atoms with Crippen LogP contribution in [0.3, 0.4) is 0 Å². The van der Waals surface area contributed by atoms with Crippen LogP contribution in [0.25, 0.3) is 0 Å². The zero-order valence-corrected chi connectivity index (χ0v) is 14.4. The minimum absolute atomic E-state index is 0.0589. The predicted octanol–water partition coefficient (Wildman–Crippen LogP) is 4.69. The van der Waals surface area contributed by atoms with Crippen molar-refractivity contribution >= 4 is 23.4 Å². The molecular formula is C18H25FN2O3. The maximum atomic E-state index is 13.6. The molecular weight excluding hydrogens is 311 g/mol. The van der Waals surface area contributed by atoms with E-state index in [1.54, 1.807) is 20.8 Å². The number of hydrogen-bond acceptors (Lipinski definition) is 3. The highest BCUT2D eigenvalue weighted by Crippen LogP contribution is 2.28. The van der Waals surface area contributed by atoms with Crippen molar-refractivity contribution in [3.05, 3.63) is 24.0 Å². The van der Waals surface area contributed by atoms with Crippen LogP contribution in [-0.2, 0) is 9.53 Å². The Hall–Kier alpha value is -2.11. The molecule has 0 bridgehead atoms. The van der Waals surface area contributed by atoms with Crippen LogP contribution in [0.2, 0.25) is 0 Å². The molecule has 1 saturated carbocycles. The van der Waals surface area contributed by atoms with Gasteiger partial charge in [-0.25, -0.2) is 9.18 Å². The van der Waals surface area contributed by atoms with Crippen LogP contribution < -0.4 is 10.6 Å². The van der Waals surface area contributed by atoms with E-state index >= 15 is 0 Å². The molecule has 0 saturated heterocycles. The monoisotopic (exact) mass is 336 g/mol. The van der Waals surface area contributed by atoms with Gasteiger partial charge in [0.15, 0.2) is 0 Å². The summed E-state index contributed by atoms with van der Waals surface area (Å²) in [6.45, 7) is 5.26. The van der Waals surface area contributed by atoms with Crippen LogP contribution in [0, 0.1) is 11.7 Å². The molecule has 1 aliphatic carbocycles. The van der Waals surface area contributed by atoms with Crippen molar-refractivity contribution in [2.75, 3.05) is 10.6 Å². The number of carbonyl (C=O) groups excluding carboxylic acids is 2. The van der Waals surface area contributed by atoms with Gasteiger partial charge in [0.05, 0.1) is 11.4 Å². The Morgan fingerprint density at radius 1 is 1.08 bits per heavy atom. The molecule has 1 aromatic rings. The molecule has 0 unspecified atom stereocenters. The zero-order chi connectivity index (χ0) is 17.7. The lowest BCUT2D eigenvalue weighted by Crippen LogP contribution is -2.28. The SMILES string of the molecule is CC(C)(C)OC(=O)Nc1ccc(F)cc1NC(=O)C1CCCCC1. The summed E-state index contributed by atoms with van der Waals surface area (Å²) in [5.41, 5.74) is -0.0819. The molecule has 1 fully saturated rings. The van der Waals surface area contributed by atoms with Gasteiger partial charge in [-0.1, -0.05) is 19.3 Å². The fourth-order valence-electron chi connectivity index (χ4n) is 2.74. The standard InChI is InChI=1S/C18H25FN2O3/c1-18(2,3)24-17(23)21-14-10-9-13(19)11-15(14)20-16(22)12-7-5-4-6-8-12/h9-12H,4-8H2,1-3H3,(H,20,22)(H,21,23). The summed E-state index contributed by atoms with van der Waals surface area (Å²) in [5.74, 6) is -0.674. The highest BCUT2D eigenvalue weighted by atomic mass is 19.1. The van der Waals surface area contributed by atoms with Gasteiger partial charge in [0.25, 0.3) is 0 Å². The van der Waals surface area contributed by atoms with Gasteiger partial charge < -0.3 is 10.1 Å². The lowest BCUT2D eigenvalue weighted by atomic mass is 9.88. The first kappa shape index (κ1) is 18.2. The van der Waals surface area contributed by atoms with Crippen molar-refractivity contribution in [1.82, 2.24) is 0 Å². The van der Waals surface area contributed by atoms with Gasteiger partial charge in [0, 0.05) is 5.92 Å². The van der Waals surface area contributed by atoms with E-state index < -0.39 is 17.5 Å². The third kappa shape index (κ3) is 5.51. The summed E-state index contributed by atoms with van der Waals surface area (Å²) < 4.78 is 18.7. The third-order valence-corrected chi connectivity index (χ3v) is 3.85. The van der Waals surface area contributed by atoms with Gasteiger partial charge >= 0.3 is 6.09 Å². The smallest absolute Gasteiger partial charge is 0.412 e. The average Bonchev–Trinajstić information content (AvgIpc) is 2.49. The van der Waals surface area contributed by atoms with Crippen LogP contribution in [0.15, 0.2) is 18.2 Å². The number of anilines is 2. The molecule has 1 aliphatic rings. The highest BCUT2D eigenvalue weighted by Gasteiger charge is 2.23. The van der Waals surface area contributed by atoms with E-state index in [0.29, 0.717) is 5.69 Å². The Balaban J connectivity index is 2.09. The van der Waals surface area contributed by atoms with E-state index in [0.717, 1.165) is 32.1 Å². The highest BCUT2D eigenvalue weighted by molar-refractivity contribution is 5.98. The predicted molar refractivity (Wildman–Crippen MR) is 91.5 cm³/mol. The first-order valence-corrected chi connectivity index (χ1v) is 8.35. The van der Waals surface area contributed by atoms with Gasteiger partial charge in [0.1, 0.15) is 11.4 Å². The number of nitrogens with one attached hydrogen (secondary N) is 2. The van der Waals surface area contributed by atoms with Crippen LogP contribution in [0.1, 0.15) is 52.9 Å². The first-order valence-electron chi connectivity index (χ1n) is 8.35. The molecule has 0 aliphatic heterocycles. The average molecular weight is 336 g/mol. The summed E-state index contributed by atoms with van der Waals surface area (Å²) in [5, 5.41) is 5.30. The summed E-state index contributed by atoms with van der Waals surface area (Å²) in [6, 6.07) is 3.84. The molecule has 6 heteroatoms. The second-order valence-corrected chi connectivity index (χ2v) is 7.14. The molecule has 24 heavy (non-hydrogen) atoms. The van der Waals surface area contributed by atoms with Crippen molar-refractivity contribution in [2.45, 2.75) is 58.5 Å². The molecule has 2 rings (SSSR count). The fourth-order valence-corrected chi connectivity index (χ4v) is 2.74. The van der Waals surface area contributed by atoms with Crippen molar-refractivity contribution < 1.29 is 18.7 Å². The largest absolute Gasteiger partial charge is 0.444 e. The number of benzene rings is 1. The van der Waals surface area contributed by atoms with Crippen LogP contribution >= 0.6 is 0 Å². The normalized spacial score (nSPS) is 15.7. The summed E-state index contributed by atoms with van der Waals surface area (Å²) in [7, 11) is 0. The molecule has 0 spiro atoms. The van der Waals surface area contributed by atoms with E-state index in [1.807, 2.05) is 0 Å². The van der Waals surface area contributed by atoms with E-state index in [9.17, 15) is 14.0 Å². The van der Waals surface area contributed by atoms with E-state index in [-0.39, 0.29) is 17.5 Å². The molecule has 5 nitrogen and oxygen atoms in total. The summed E-state index contributed by atoms with van der Waals surface area (Å²) in [6.07, 6.45) is 4.25. The maximum absolute atomic E-state index is 13.6. The lowest BCUT2D eigenvalue weighted by molar-refractivity contribution is -0.120. The minimum Gasteiger partial charge on any atom is -0.444 e. The van der Waals surface area contributed by atoms with Crippen LogP contribution in [-0.4, -0.2) is 17.6 Å². The minimum atomic E-state index is -0.651. The Morgan fingerprint density at radius 2 is 1.75 bits per heavy atom. The van der Waals surface area contributed by atoms with Crippen molar-refractivity contribution in [3.63, 3.8) is 0 Å². The number of halogens is 1. The maximum Gasteiger partial charge on any atom is 0.412 e. The Bertz CT molecular complexity index is 605. The second kappa shape index (κ2) is 7.64. The number of carbonyl (C=O) groups is 2. The lowest BCUT2D eigenvalue weighted by Gasteiger charge is -2.22.